The minimum Gasteiger partial charge on any atom is -0.383 e. The van der Waals surface area contributed by atoms with Crippen molar-refractivity contribution in [3.63, 3.8) is 0 Å². The first-order valence-electron chi connectivity index (χ1n) is 5.79. The lowest BCUT2D eigenvalue weighted by atomic mass is 10.1. The number of nitrogens with zero attached hydrogens (tertiary/aromatic N) is 1. The molecule has 0 aromatic heterocycles. The number of nitro groups is 1. The molecule has 0 aliphatic heterocycles. The zero-order chi connectivity index (χ0) is 15.1. The van der Waals surface area contributed by atoms with Crippen LogP contribution in [0.5, 0.6) is 0 Å². The zero-order valence-corrected chi connectivity index (χ0v) is 13.1. The van der Waals surface area contributed by atoms with Crippen LogP contribution in [-0.2, 0) is 4.74 Å². The first-order chi connectivity index (χ1) is 9.49. The van der Waals surface area contributed by atoms with Gasteiger partial charge in [-0.05, 0) is 18.6 Å². The first kappa shape index (κ1) is 16.9. The number of amides is 1. The summed E-state index contributed by atoms with van der Waals surface area (Å²) in [4.78, 5) is 22.5. The molecule has 0 radical (unpaired) electrons. The normalized spacial score (nSPS) is 11.9. The molecule has 1 rings (SSSR count). The number of carbonyl (C=O) groups excluding carboxylic acids is 1. The lowest BCUT2D eigenvalue weighted by molar-refractivity contribution is -0.385. The second-order valence-corrected chi connectivity index (χ2v) is 5.25. The molecule has 6 nitrogen and oxygen atoms in total. The van der Waals surface area contributed by atoms with Gasteiger partial charge in [-0.3, -0.25) is 14.9 Å². The van der Waals surface area contributed by atoms with Gasteiger partial charge in [0.2, 0.25) is 0 Å². The number of hydrogen-bond donors (Lipinski definition) is 1. The van der Waals surface area contributed by atoms with Gasteiger partial charge in [0.15, 0.2) is 0 Å². The molecular weight excluding hydrogens is 351 g/mol. The van der Waals surface area contributed by atoms with Crippen molar-refractivity contribution in [2.45, 2.75) is 12.5 Å². The molecule has 20 heavy (non-hydrogen) atoms. The molecule has 1 N–H and O–H groups in total. The lowest BCUT2D eigenvalue weighted by Crippen LogP contribution is -2.38. The average molecular weight is 366 g/mol. The molecule has 0 fully saturated rings. The summed E-state index contributed by atoms with van der Waals surface area (Å²) < 4.78 is 5.00. The predicted molar refractivity (Wildman–Crippen MR) is 79.6 cm³/mol. The summed E-state index contributed by atoms with van der Waals surface area (Å²) in [6.45, 7) is 0.325. The number of nitro benzene ring substituents is 1. The SMILES string of the molecule is COCC(CCBr)NC(=O)c1cc(Cl)ccc1[N+](=O)[O-]. The van der Waals surface area contributed by atoms with Gasteiger partial charge in [0.05, 0.1) is 17.6 Å². The van der Waals surface area contributed by atoms with Crippen LogP contribution in [0.25, 0.3) is 0 Å². The molecule has 0 spiro atoms. The number of alkyl halides is 1. The molecule has 1 aromatic carbocycles. The number of rotatable bonds is 7. The smallest absolute Gasteiger partial charge is 0.282 e. The second kappa shape index (κ2) is 8.18. The van der Waals surface area contributed by atoms with E-state index in [0.29, 0.717) is 18.4 Å². The zero-order valence-electron chi connectivity index (χ0n) is 10.8. The van der Waals surface area contributed by atoms with Crippen LogP contribution in [0.2, 0.25) is 5.02 Å². The van der Waals surface area contributed by atoms with Crippen LogP contribution in [0.4, 0.5) is 5.69 Å². The maximum atomic E-state index is 12.1. The van der Waals surface area contributed by atoms with Gasteiger partial charge in [0.1, 0.15) is 5.56 Å². The van der Waals surface area contributed by atoms with Crippen molar-refractivity contribution in [3.8, 4) is 0 Å². The van der Waals surface area contributed by atoms with Gasteiger partial charge >= 0.3 is 0 Å². The number of methoxy groups -OCH3 is 1. The van der Waals surface area contributed by atoms with Crippen molar-refractivity contribution in [3.05, 3.63) is 38.9 Å². The number of ether oxygens (including phenoxy) is 1. The van der Waals surface area contributed by atoms with Crippen LogP contribution in [0.1, 0.15) is 16.8 Å². The largest absolute Gasteiger partial charge is 0.383 e. The van der Waals surface area contributed by atoms with Crippen LogP contribution in [-0.4, -0.2) is 35.9 Å². The van der Waals surface area contributed by atoms with E-state index >= 15 is 0 Å². The molecular formula is C12H14BrClN2O4. The minimum atomic E-state index is -0.610. The maximum Gasteiger partial charge on any atom is 0.282 e. The fourth-order valence-corrected chi connectivity index (χ4v) is 2.37. The van der Waals surface area contributed by atoms with Crippen molar-refractivity contribution in [2.24, 2.45) is 0 Å². The van der Waals surface area contributed by atoms with Gasteiger partial charge in [0.25, 0.3) is 11.6 Å². The Kier molecular flexibility index (Phi) is 6.90. The standard InChI is InChI=1S/C12H14BrClN2O4/c1-20-7-9(4-5-13)15-12(17)10-6-8(14)2-3-11(10)16(18)19/h2-3,6,9H,4-5,7H2,1H3,(H,15,17). The van der Waals surface area contributed by atoms with E-state index in [0.717, 1.165) is 0 Å². The van der Waals surface area contributed by atoms with E-state index in [1.165, 1.54) is 25.3 Å². The van der Waals surface area contributed by atoms with E-state index in [1.807, 2.05) is 0 Å². The van der Waals surface area contributed by atoms with Crippen LogP contribution in [0, 0.1) is 10.1 Å². The Balaban J connectivity index is 2.95. The summed E-state index contributed by atoms with van der Waals surface area (Å²) in [6.07, 6.45) is 0.647. The predicted octanol–water partition coefficient (Wildman–Crippen LogP) is 2.78. The molecule has 0 bridgehead atoms. The van der Waals surface area contributed by atoms with Crippen molar-refractivity contribution in [2.75, 3.05) is 19.0 Å². The van der Waals surface area contributed by atoms with Gasteiger partial charge in [-0.25, -0.2) is 0 Å². The molecule has 0 saturated heterocycles. The fourth-order valence-electron chi connectivity index (χ4n) is 1.64. The molecule has 110 valence electrons. The first-order valence-corrected chi connectivity index (χ1v) is 7.29. The maximum absolute atomic E-state index is 12.1. The Morgan fingerprint density at radius 3 is 2.85 bits per heavy atom. The third-order valence-corrected chi connectivity index (χ3v) is 3.25. The molecule has 1 unspecified atom stereocenters. The van der Waals surface area contributed by atoms with Gasteiger partial charge in [-0.15, -0.1) is 0 Å². The summed E-state index contributed by atoms with van der Waals surface area (Å²) in [5.74, 6) is -0.540. The summed E-state index contributed by atoms with van der Waals surface area (Å²) in [7, 11) is 1.52. The minimum absolute atomic E-state index is 0.0572. The number of hydrogen-bond acceptors (Lipinski definition) is 4. The van der Waals surface area contributed by atoms with Crippen LogP contribution < -0.4 is 5.32 Å². The van der Waals surface area contributed by atoms with Crippen LogP contribution in [0.3, 0.4) is 0 Å². The fraction of sp³-hybridized carbons (Fsp3) is 0.417. The van der Waals surface area contributed by atoms with Crippen molar-refractivity contribution >= 4 is 39.1 Å². The third-order valence-electron chi connectivity index (χ3n) is 2.56. The van der Waals surface area contributed by atoms with Gasteiger partial charge < -0.3 is 10.1 Å². The Morgan fingerprint density at radius 2 is 2.30 bits per heavy atom. The van der Waals surface area contributed by atoms with Crippen molar-refractivity contribution in [1.29, 1.82) is 0 Å². The number of benzene rings is 1. The summed E-state index contributed by atoms with van der Waals surface area (Å²) in [5, 5.41) is 14.6. The summed E-state index contributed by atoms with van der Waals surface area (Å²) in [6, 6.07) is 3.65. The van der Waals surface area contributed by atoms with E-state index < -0.39 is 10.8 Å². The number of nitrogens with one attached hydrogen (secondary N) is 1. The highest BCUT2D eigenvalue weighted by atomic mass is 79.9. The van der Waals surface area contributed by atoms with E-state index in [9.17, 15) is 14.9 Å². The molecule has 0 heterocycles. The van der Waals surface area contributed by atoms with Gasteiger partial charge in [-0.1, -0.05) is 27.5 Å². The Hall–Kier alpha value is -1.18. The Labute approximate surface area is 129 Å². The Morgan fingerprint density at radius 1 is 1.60 bits per heavy atom. The Bertz CT molecular complexity index is 492. The summed E-state index contributed by atoms with van der Waals surface area (Å²) in [5.41, 5.74) is -0.333. The average Bonchev–Trinajstić information content (AvgIpc) is 2.38. The number of carbonyl (C=O) groups is 1. The van der Waals surface area contributed by atoms with E-state index in [1.54, 1.807) is 0 Å². The molecule has 1 amide bonds. The van der Waals surface area contributed by atoms with Crippen molar-refractivity contribution in [1.82, 2.24) is 5.32 Å². The molecule has 1 aromatic rings. The van der Waals surface area contributed by atoms with E-state index in [-0.39, 0.29) is 22.3 Å². The highest BCUT2D eigenvalue weighted by molar-refractivity contribution is 9.09. The second-order valence-electron chi connectivity index (χ2n) is 4.02. The third kappa shape index (κ3) is 4.73. The molecule has 0 saturated carbocycles. The number of halogens is 2. The topological polar surface area (TPSA) is 81.5 Å². The van der Waals surface area contributed by atoms with Crippen LogP contribution >= 0.6 is 27.5 Å². The highest BCUT2D eigenvalue weighted by Crippen LogP contribution is 2.22. The lowest BCUT2D eigenvalue weighted by Gasteiger charge is -2.16. The quantitative estimate of drug-likeness (QED) is 0.457. The molecule has 0 aliphatic carbocycles. The monoisotopic (exact) mass is 364 g/mol. The molecule has 8 heteroatoms. The highest BCUT2D eigenvalue weighted by Gasteiger charge is 2.22. The van der Waals surface area contributed by atoms with E-state index in [4.69, 9.17) is 16.3 Å². The summed E-state index contributed by atoms with van der Waals surface area (Å²) >= 11 is 9.07. The molecule has 1 atom stereocenters. The van der Waals surface area contributed by atoms with Crippen LogP contribution in [0.15, 0.2) is 18.2 Å². The molecule has 0 aliphatic rings. The van der Waals surface area contributed by atoms with Crippen molar-refractivity contribution < 1.29 is 14.5 Å². The van der Waals surface area contributed by atoms with Gasteiger partial charge in [0, 0.05) is 23.5 Å². The van der Waals surface area contributed by atoms with Gasteiger partial charge in [-0.2, -0.15) is 0 Å². The van der Waals surface area contributed by atoms with E-state index in [2.05, 4.69) is 21.2 Å².